The molecular weight excluding hydrogens is 260 g/mol. The van der Waals surface area contributed by atoms with E-state index >= 15 is 0 Å². The summed E-state index contributed by atoms with van der Waals surface area (Å²) in [6.07, 6.45) is -0.185. The molecule has 0 aliphatic carbocycles. The van der Waals surface area contributed by atoms with Crippen LogP contribution in [0.25, 0.3) is 0 Å². The smallest absolute Gasteiger partial charge is 0.136 e. The normalized spacial score (nSPS) is 11.8. The SMILES string of the molecule is Cc1cccc(C(CN)Oc2c(C)cc(C#N)cc2C)c1. The van der Waals surface area contributed by atoms with Crippen LogP contribution >= 0.6 is 0 Å². The lowest BCUT2D eigenvalue weighted by Gasteiger charge is -2.21. The first-order valence-corrected chi connectivity index (χ1v) is 6.99. The van der Waals surface area contributed by atoms with Gasteiger partial charge in [-0.25, -0.2) is 0 Å². The number of hydrogen-bond acceptors (Lipinski definition) is 3. The van der Waals surface area contributed by atoms with Gasteiger partial charge in [0.15, 0.2) is 0 Å². The molecule has 0 aliphatic heterocycles. The summed E-state index contributed by atoms with van der Waals surface area (Å²) in [6.45, 7) is 6.36. The first-order chi connectivity index (χ1) is 10.0. The summed E-state index contributed by atoms with van der Waals surface area (Å²) in [5.74, 6) is 0.811. The zero-order valence-electron chi connectivity index (χ0n) is 12.7. The van der Waals surface area contributed by atoms with E-state index in [4.69, 9.17) is 15.7 Å². The van der Waals surface area contributed by atoms with Gasteiger partial charge in [0.25, 0.3) is 0 Å². The Labute approximate surface area is 126 Å². The van der Waals surface area contributed by atoms with Crippen LogP contribution in [0.3, 0.4) is 0 Å². The van der Waals surface area contributed by atoms with E-state index in [1.165, 1.54) is 5.56 Å². The summed E-state index contributed by atoms with van der Waals surface area (Å²) >= 11 is 0. The van der Waals surface area contributed by atoms with E-state index in [0.29, 0.717) is 12.1 Å². The summed E-state index contributed by atoms with van der Waals surface area (Å²) in [5, 5.41) is 9.00. The topological polar surface area (TPSA) is 59.0 Å². The Hall–Kier alpha value is -2.31. The van der Waals surface area contributed by atoms with Crippen molar-refractivity contribution in [3.05, 3.63) is 64.2 Å². The maximum atomic E-state index is 9.00. The largest absolute Gasteiger partial charge is 0.484 e. The Balaban J connectivity index is 2.34. The van der Waals surface area contributed by atoms with Crippen molar-refractivity contribution in [2.24, 2.45) is 5.73 Å². The quantitative estimate of drug-likeness (QED) is 0.931. The Morgan fingerprint density at radius 2 is 1.81 bits per heavy atom. The van der Waals surface area contributed by atoms with Gasteiger partial charge in [-0.15, -0.1) is 0 Å². The molecule has 0 radical (unpaired) electrons. The highest BCUT2D eigenvalue weighted by atomic mass is 16.5. The average Bonchev–Trinajstić information content (AvgIpc) is 2.46. The molecule has 0 fully saturated rings. The van der Waals surface area contributed by atoms with E-state index in [2.05, 4.69) is 25.1 Å². The summed E-state index contributed by atoms with van der Waals surface area (Å²) in [7, 11) is 0. The van der Waals surface area contributed by atoms with Crippen LogP contribution in [-0.4, -0.2) is 6.54 Å². The number of nitrogens with two attached hydrogens (primary N) is 1. The first kappa shape index (κ1) is 15.1. The number of aryl methyl sites for hydroxylation is 3. The van der Waals surface area contributed by atoms with Crippen LogP contribution < -0.4 is 10.5 Å². The lowest BCUT2D eigenvalue weighted by atomic mass is 10.0. The molecule has 1 atom stereocenters. The Morgan fingerprint density at radius 1 is 1.14 bits per heavy atom. The van der Waals surface area contributed by atoms with E-state index in [9.17, 15) is 0 Å². The third-order valence-electron chi connectivity index (χ3n) is 3.48. The van der Waals surface area contributed by atoms with Gasteiger partial charge in [0.1, 0.15) is 11.9 Å². The van der Waals surface area contributed by atoms with Gasteiger partial charge in [-0.3, -0.25) is 0 Å². The van der Waals surface area contributed by atoms with Crippen molar-refractivity contribution in [3.8, 4) is 11.8 Å². The molecule has 0 bridgehead atoms. The molecule has 3 heteroatoms. The molecule has 2 aromatic carbocycles. The molecule has 1 unspecified atom stereocenters. The summed E-state index contributed by atoms with van der Waals surface area (Å²) < 4.78 is 6.13. The lowest BCUT2D eigenvalue weighted by Crippen LogP contribution is -2.19. The molecule has 21 heavy (non-hydrogen) atoms. The minimum absolute atomic E-state index is 0.185. The number of benzene rings is 2. The van der Waals surface area contributed by atoms with Crippen LogP contribution in [-0.2, 0) is 0 Å². The second-order valence-corrected chi connectivity index (χ2v) is 5.31. The summed E-state index contributed by atoms with van der Waals surface area (Å²) in [4.78, 5) is 0. The zero-order valence-corrected chi connectivity index (χ0v) is 12.7. The third-order valence-corrected chi connectivity index (χ3v) is 3.48. The fourth-order valence-electron chi connectivity index (χ4n) is 2.47. The Bertz CT molecular complexity index is 663. The van der Waals surface area contributed by atoms with Crippen LogP contribution in [0, 0.1) is 32.1 Å². The number of hydrogen-bond donors (Lipinski definition) is 1. The minimum atomic E-state index is -0.185. The predicted molar refractivity (Wildman–Crippen MR) is 84.2 cm³/mol. The Morgan fingerprint density at radius 3 is 2.33 bits per heavy atom. The second-order valence-electron chi connectivity index (χ2n) is 5.31. The average molecular weight is 280 g/mol. The van der Waals surface area contributed by atoms with Gasteiger partial charge >= 0.3 is 0 Å². The fourth-order valence-corrected chi connectivity index (χ4v) is 2.47. The van der Waals surface area contributed by atoms with Gasteiger partial charge in [-0.2, -0.15) is 5.26 Å². The number of ether oxygens (including phenoxy) is 1. The molecule has 0 aliphatic rings. The Kier molecular flexibility index (Phi) is 4.62. The van der Waals surface area contributed by atoms with Gasteiger partial charge in [0.05, 0.1) is 11.6 Å². The fraction of sp³-hybridized carbons (Fsp3) is 0.278. The molecule has 0 saturated carbocycles. The number of nitrogens with zero attached hydrogens (tertiary/aromatic N) is 1. The van der Waals surface area contributed by atoms with Gasteiger partial charge in [-0.1, -0.05) is 29.8 Å². The van der Waals surface area contributed by atoms with Crippen LogP contribution in [0.4, 0.5) is 0 Å². The van der Waals surface area contributed by atoms with Crippen molar-refractivity contribution in [2.45, 2.75) is 26.9 Å². The minimum Gasteiger partial charge on any atom is -0.484 e. The van der Waals surface area contributed by atoms with Crippen molar-refractivity contribution in [1.29, 1.82) is 5.26 Å². The van der Waals surface area contributed by atoms with Gasteiger partial charge in [-0.05, 0) is 49.6 Å². The molecule has 0 saturated heterocycles. The van der Waals surface area contributed by atoms with Crippen molar-refractivity contribution in [1.82, 2.24) is 0 Å². The zero-order chi connectivity index (χ0) is 15.4. The molecule has 0 spiro atoms. The molecule has 2 rings (SSSR count). The predicted octanol–water partition coefficient (Wildman–Crippen LogP) is 3.56. The number of nitriles is 1. The van der Waals surface area contributed by atoms with E-state index < -0.39 is 0 Å². The van der Waals surface area contributed by atoms with Gasteiger partial charge in [0.2, 0.25) is 0 Å². The van der Waals surface area contributed by atoms with Crippen LogP contribution in [0.2, 0.25) is 0 Å². The van der Waals surface area contributed by atoms with Crippen LogP contribution in [0.5, 0.6) is 5.75 Å². The van der Waals surface area contributed by atoms with Crippen molar-refractivity contribution in [2.75, 3.05) is 6.54 Å². The summed E-state index contributed by atoms with van der Waals surface area (Å²) in [5.41, 5.74) is 10.7. The van der Waals surface area contributed by atoms with E-state index in [1.54, 1.807) is 0 Å². The van der Waals surface area contributed by atoms with Gasteiger partial charge in [0, 0.05) is 6.54 Å². The van der Waals surface area contributed by atoms with Crippen LogP contribution in [0.1, 0.15) is 33.9 Å². The van der Waals surface area contributed by atoms with E-state index in [1.807, 2.05) is 38.1 Å². The molecular formula is C18H20N2O. The molecule has 108 valence electrons. The first-order valence-electron chi connectivity index (χ1n) is 6.99. The maximum absolute atomic E-state index is 9.00. The maximum Gasteiger partial charge on any atom is 0.136 e. The highest BCUT2D eigenvalue weighted by Gasteiger charge is 2.15. The van der Waals surface area contributed by atoms with E-state index in [-0.39, 0.29) is 6.10 Å². The molecule has 2 N–H and O–H groups in total. The summed E-state index contributed by atoms with van der Waals surface area (Å²) in [6, 6.07) is 14.0. The second kappa shape index (κ2) is 6.43. The van der Waals surface area contributed by atoms with Crippen molar-refractivity contribution < 1.29 is 4.74 Å². The molecule has 0 heterocycles. The van der Waals surface area contributed by atoms with Crippen LogP contribution in [0.15, 0.2) is 36.4 Å². The molecule has 0 amide bonds. The van der Waals surface area contributed by atoms with Gasteiger partial charge < -0.3 is 10.5 Å². The van der Waals surface area contributed by atoms with E-state index in [0.717, 1.165) is 22.4 Å². The highest BCUT2D eigenvalue weighted by molar-refractivity contribution is 5.47. The molecule has 0 aromatic heterocycles. The number of rotatable bonds is 4. The lowest BCUT2D eigenvalue weighted by molar-refractivity contribution is 0.211. The van der Waals surface area contributed by atoms with Crippen molar-refractivity contribution >= 4 is 0 Å². The van der Waals surface area contributed by atoms with Crippen molar-refractivity contribution in [3.63, 3.8) is 0 Å². The molecule has 3 nitrogen and oxygen atoms in total. The monoisotopic (exact) mass is 280 g/mol. The third kappa shape index (κ3) is 3.42. The highest BCUT2D eigenvalue weighted by Crippen LogP contribution is 2.29. The molecule has 2 aromatic rings. The standard InChI is InChI=1S/C18H20N2O/c1-12-5-4-6-16(7-12)17(11-20)21-18-13(2)8-15(10-19)9-14(18)3/h4-9,17H,11,20H2,1-3H3.